The molecule has 0 aliphatic carbocycles. The molecule has 1 atom stereocenters. The van der Waals surface area contributed by atoms with Gasteiger partial charge in [0.15, 0.2) is 0 Å². The number of rotatable bonds is 3. The molecule has 1 spiro atoms. The summed E-state index contributed by atoms with van der Waals surface area (Å²) < 4.78 is 6.21. The summed E-state index contributed by atoms with van der Waals surface area (Å²) in [5.74, 6) is 0.475. The molecule has 6 nitrogen and oxygen atoms in total. The molecule has 0 bridgehead atoms. The highest BCUT2D eigenvalue weighted by Crippen LogP contribution is 2.39. The van der Waals surface area contributed by atoms with E-state index in [1.54, 1.807) is 12.4 Å². The predicted molar refractivity (Wildman–Crippen MR) is 91.9 cm³/mol. The van der Waals surface area contributed by atoms with Crippen molar-refractivity contribution in [1.82, 2.24) is 19.9 Å². The van der Waals surface area contributed by atoms with Gasteiger partial charge in [0.2, 0.25) is 0 Å². The summed E-state index contributed by atoms with van der Waals surface area (Å²) in [5.41, 5.74) is 1.47. The third-order valence-corrected chi connectivity index (χ3v) is 5.25. The molecule has 4 heterocycles. The molecular weight excluding hydrogens is 316 g/mol. The van der Waals surface area contributed by atoms with Crippen molar-refractivity contribution in [2.45, 2.75) is 31.3 Å². The van der Waals surface area contributed by atoms with Gasteiger partial charge < -0.3 is 9.64 Å². The molecular formula is C19H22N4O2. The number of pyridine rings is 1. The van der Waals surface area contributed by atoms with E-state index < -0.39 is 0 Å². The Kier molecular flexibility index (Phi) is 4.44. The minimum absolute atomic E-state index is 0.0361. The Morgan fingerprint density at radius 1 is 1.20 bits per heavy atom. The number of carbonyl (C=O) groups excluding carboxylic acids is 1. The third kappa shape index (κ3) is 3.54. The molecule has 6 heteroatoms. The zero-order chi connectivity index (χ0) is 17.1. The molecule has 0 aromatic carbocycles. The van der Waals surface area contributed by atoms with Crippen LogP contribution in [0.1, 0.15) is 35.4 Å². The second-order valence-electron chi connectivity index (χ2n) is 6.97. The number of hydrogen-bond acceptors (Lipinski definition) is 5. The Morgan fingerprint density at radius 2 is 2.08 bits per heavy atom. The van der Waals surface area contributed by atoms with Crippen molar-refractivity contribution in [3.05, 3.63) is 54.4 Å². The number of likely N-dealkylation sites (tertiary alicyclic amines) is 1. The number of ether oxygens (including phenoxy) is 1. The summed E-state index contributed by atoms with van der Waals surface area (Å²) in [7, 11) is 0. The molecule has 2 fully saturated rings. The zero-order valence-corrected chi connectivity index (χ0v) is 14.2. The first-order valence-electron chi connectivity index (χ1n) is 8.83. The first-order valence-corrected chi connectivity index (χ1v) is 8.83. The van der Waals surface area contributed by atoms with Crippen molar-refractivity contribution < 1.29 is 9.53 Å². The molecule has 130 valence electrons. The Bertz CT molecular complexity index is 715. The van der Waals surface area contributed by atoms with E-state index in [0.717, 1.165) is 38.0 Å². The summed E-state index contributed by atoms with van der Waals surface area (Å²) >= 11 is 0. The van der Waals surface area contributed by atoms with Gasteiger partial charge in [-0.05, 0) is 43.7 Å². The van der Waals surface area contributed by atoms with Gasteiger partial charge in [0, 0.05) is 37.4 Å². The van der Waals surface area contributed by atoms with E-state index in [1.807, 2.05) is 23.2 Å². The van der Waals surface area contributed by atoms with E-state index in [1.165, 1.54) is 6.20 Å². The van der Waals surface area contributed by atoms with Crippen LogP contribution in [0.5, 0.6) is 0 Å². The monoisotopic (exact) mass is 338 g/mol. The van der Waals surface area contributed by atoms with Gasteiger partial charge in [-0.15, -0.1) is 0 Å². The zero-order valence-electron chi connectivity index (χ0n) is 14.2. The molecule has 1 unspecified atom stereocenters. The lowest BCUT2D eigenvalue weighted by atomic mass is 9.84. The molecule has 2 saturated heterocycles. The maximum absolute atomic E-state index is 12.5. The highest BCUT2D eigenvalue weighted by atomic mass is 16.5. The standard InChI is InChI=1S/C19H22N4O2/c24-18(17-13-20-7-8-22-17)23-9-4-19(5-10-23)12-15(14-25-19)11-16-3-1-2-6-21-16/h1-3,6-8,13,15H,4-5,9-12,14H2. The predicted octanol–water partition coefficient (Wildman–Crippen LogP) is 2.13. The number of hydrogen-bond donors (Lipinski definition) is 0. The lowest BCUT2D eigenvalue weighted by Gasteiger charge is -2.38. The first-order chi connectivity index (χ1) is 12.2. The molecule has 0 saturated carbocycles. The fraction of sp³-hybridized carbons (Fsp3) is 0.474. The van der Waals surface area contributed by atoms with Gasteiger partial charge in [-0.25, -0.2) is 4.98 Å². The van der Waals surface area contributed by atoms with Gasteiger partial charge >= 0.3 is 0 Å². The summed E-state index contributed by atoms with van der Waals surface area (Å²) in [6, 6.07) is 6.05. The van der Waals surface area contributed by atoms with Gasteiger partial charge in [0.25, 0.3) is 5.91 Å². The Balaban J connectivity index is 1.33. The van der Waals surface area contributed by atoms with Crippen LogP contribution in [0, 0.1) is 5.92 Å². The Morgan fingerprint density at radius 3 is 2.80 bits per heavy atom. The van der Waals surface area contributed by atoms with Crippen LogP contribution in [0.3, 0.4) is 0 Å². The number of piperidine rings is 1. The first kappa shape index (κ1) is 16.1. The van der Waals surface area contributed by atoms with E-state index >= 15 is 0 Å². The van der Waals surface area contributed by atoms with Gasteiger partial charge in [0.1, 0.15) is 5.69 Å². The van der Waals surface area contributed by atoms with Crippen molar-refractivity contribution in [1.29, 1.82) is 0 Å². The quantitative estimate of drug-likeness (QED) is 0.857. The largest absolute Gasteiger partial charge is 0.375 e. The maximum Gasteiger partial charge on any atom is 0.274 e. The van der Waals surface area contributed by atoms with Crippen LogP contribution in [0.2, 0.25) is 0 Å². The van der Waals surface area contributed by atoms with Crippen LogP contribution in [-0.4, -0.2) is 51.1 Å². The van der Waals surface area contributed by atoms with Crippen molar-refractivity contribution >= 4 is 5.91 Å². The normalized spacial score (nSPS) is 22.2. The summed E-state index contributed by atoms with van der Waals surface area (Å²) in [4.78, 5) is 26.9. The minimum Gasteiger partial charge on any atom is -0.375 e. The van der Waals surface area contributed by atoms with E-state index in [2.05, 4.69) is 21.0 Å². The summed E-state index contributed by atoms with van der Waals surface area (Å²) in [5, 5.41) is 0. The molecule has 4 rings (SSSR count). The average Bonchev–Trinajstić information content (AvgIpc) is 3.05. The SMILES string of the molecule is O=C(c1cnccn1)N1CCC2(CC1)CC(Cc1ccccn1)CO2. The number of aromatic nitrogens is 3. The lowest BCUT2D eigenvalue weighted by Crippen LogP contribution is -2.46. The number of nitrogens with zero attached hydrogens (tertiary/aromatic N) is 4. The molecule has 2 aliphatic heterocycles. The van der Waals surface area contributed by atoms with Crippen LogP contribution in [0.15, 0.2) is 43.0 Å². The van der Waals surface area contributed by atoms with Gasteiger partial charge in [-0.2, -0.15) is 0 Å². The fourth-order valence-electron chi connectivity index (χ4n) is 3.92. The summed E-state index contributed by atoms with van der Waals surface area (Å²) in [6.07, 6.45) is 10.3. The van der Waals surface area contributed by atoms with Gasteiger partial charge in [-0.3, -0.25) is 14.8 Å². The Hall–Kier alpha value is -2.34. The van der Waals surface area contributed by atoms with Crippen LogP contribution < -0.4 is 0 Å². The van der Waals surface area contributed by atoms with Crippen molar-refractivity contribution in [3.8, 4) is 0 Å². The minimum atomic E-state index is -0.0708. The molecule has 2 aliphatic rings. The van der Waals surface area contributed by atoms with E-state index in [4.69, 9.17) is 4.74 Å². The second kappa shape index (κ2) is 6.88. The molecule has 0 N–H and O–H groups in total. The van der Waals surface area contributed by atoms with Crippen LogP contribution in [-0.2, 0) is 11.2 Å². The maximum atomic E-state index is 12.5. The van der Waals surface area contributed by atoms with E-state index in [0.29, 0.717) is 24.7 Å². The van der Waals surface area contributed by atoms with E-state index in [-0.39, 0.29) is 11.5 Å². The molecule has 25 heavy (non-hydrogen) atoms. The van der Waals surface area contributed by atoms with Crippen molar-refractivity contribution in [2.75, 3.05) is 19.7 Å². The highest BCUT2D eigenvalue weighted by molar-refractivity contribution is 5.92. The van der Waals surface area contributed by atoms with E-state index in [9.17, 15) is 4.79 Å². The second-order valence-corrected chi connectivity index (χ2v) is 6.97. The topological polar surface area (TPSA) is 68.2 Å². The van der Waals surface area contributed by atoms with Gasteiger partial charge in [0.05, 0.1) is 18.4 Å². The van der Waals surface area contributed by atoms with Crippen LogP contribution in [0.4, 0.5) is 0 Å². The molecule has 2 aromatic rings. The summed E-state index contributed by atoms with van der Waals surface area (Å²) in [6.45, 7) is 2.21. The van der Waals surface area contributed by atoms with Crippen molar-refractivity contribution in [3.63, 3.8) is 0 Å². The van der Waals surface area contributed by atoms with Crippen LogP contribution in [0.25, 0.3) is 0 Å². The van der Waals surface area contributed by atoms with Crippen molar-refractivity contribution in [2.24, 2.45) is 5.92 Å². The van der Waals surface area contributed by atoms with Crippen LogP contribution >= 0.6 is 0 Å². The smallest absolute Gasteiger partial charge is 0.274 e. The molecule has 2 aromatic heterocycles. The average molecular weight is 338 g/mol. The number of amides is 1. The lowest BCUT2D eigenvalue weighted by molar-refractivity contribution is -0.0392. The fourth-order valence-corrected chi connectivity index (χ4v) is 3.92. The number of carbonyl (C=O) groups is 1. The molecule has 1 amide bonds. The third-order valence-electron chi connectivity index (χ3n) is 5.25. The molecule has 0 radical (unpaired) electrons. The highest BCUT2D eigenvalue weighted by Gasteiger charge is 2.43. The Labute approximate surface area is 147 Å². The van der Waals surface area contributed by atoms with Gasteiger partial charge in [-0.1, -0.05) is 6.07 Å².